The van der Waals surface area contributed by atoms with Crippen LogP contribution >= 0.6 is 11.3 Å². The molecule has 4 heteroatoms. The second kappa shape index (κ2) is 5.54. The Kier molecular flexibility index (Phi) is 3.70. The normalized spacial score (nSPS) is 28.6. The van der Waals surface area contributed by atoms with E-state index < -0.39 is 0 Å². The van der Waals surface area contributed by atoms with E-state index in [0.29, 0.717) is 6.04 Å². The van der Waals surface area contributed by atoms with E-state index in [1.165, 1.54) is 60.9 Å². The van der Waals surface area contributed by atoms with E-state index in [2.05, 4.69) is 24.1 Å². The maximum absolute atomic E-state index is 5.06. The molecule has 2 unspecified atom stereocenters. The third-order valence-electron chi connectivity index (χ3n) is 5.35. The highest BCUT2D eigenvalue weighted by Gasteiger charge is 2.38. The number of anilines is 1. The van der Waals surface area contributed by atoms with Crippen LogP contribution in [0.5, 0.6) is 0 Å². The van der Waals surface area contributed by atoms with E-state index in [4.69, 9.17) is 4.98 Å². The van der Waals surface area contributed by atoms with Crippen LogP contribution in [0.2, 0.25) is 0 Å². The van der Waals surface area contributed by atoms with Crippen LogP contribution in [0.3, 0.4) is 0 Å². The van der Waals surface area contributed by atoms with Gasteiger partial charge in [0.2, 0.25) is 0 Å². The summed E-state index contributed by atoms with van der Waals surface area (Å²) in [4.78, 5) is 9.15. The number of nitrogens with one attached hydrogen (secondary N) is 1. The van der Waals surface area contributed by atoms with Crippen LogP contribution in [0, 0.1) is 11.8 Å². The fraction of sp³-hybridized carbons (Fsp3) is 0.824. The lowest BCUT2D eigenvalue weighted by atomic mass is 10.0. The Morgan fingerprint density at radius 2 is 1.90 bits per heavy atom. The molecule has 0 spiro atoms. The number of hydrogen-bond acceptors (Lipinski definition) is 4. The highest BCUT2D eigenvalue weighted by Crippen LogP contribution is 2.46. The van der Waals surface area contributed by atoms with E-state index in [1.54, 1.807) is 0 Å². The third kappa shape index (κ3) is 2.85. The summed E-state index contributed by atoms with van der Waals surface area (Å²) in [5.41, 5.74) is 1.42. The van der Waals surface area contributed by atoms with Crippen molar-refractivity contribution in [1.82, 2.24) is 10.3 Å². The maximum Gasteiger partial charge on any atom is 0.185 e. The molecule has 2 aliphatic carbocycles. The molecule has 1 N–H and O–H groups in total. The Morgan fingerprint density at radius 3 is 2.52 bits per heavy atom. The van der Waals surface area contributed by atoms with Crippen LogP contribution in [0.25, 0.3) is 0 Å². The zero-order valence-corrected chi connectivity index (χ0v) is 14.1. The van der Waals surface area contributed by atoms with Crippen molar-refractivity contribution < 1.29 is 0 Å². The highest BCUT2D eigenvalue weighted by molar-refractivity contribution is 7.15. The Hall–Kier alpha value is -0.610. The summed E-state index contributed by atoms with van der Waals surface area (Å²) in [6.07, 6.45) is 7.05. The number of fused-ring (bicyclic) bond motifs is 1. The van der Waals surface area contributed by atoms with Gasteiger partial charge in [0.1, 0.15) is 0 Å². The van der Waals surface area contributed by atoms with Gasteiger partial charge in [0.05, 0.1) is 5.69 Å². The van der Waals surface area contributed by atoms with E-state index in [9.17, 15) is 0 Å². The summed E-state index contributed by atoms with van der Waals surface area (Å²) >= 11 is 1.96. The minimum Gasteiger partial charge on any atom is -0.348 e. The molecule has 21 heavy (non-hydrogen) atoms. The van der Waals surface area contributed by atoms with Crippen molar-refractivity contribution in [3.05, 3.63) is 10.6 Å². The molecule has 4 rings (SSSR count). The van der Waals surface area contributed by atoms with Gasteiger partial charge >= 0.3 is 0 Å². The first kappa shape index (κ1) is 14.0. The first-order chi connectivity index (χ1) is 10.2. The minimum atomic E-state index is 0.550. The summed E-state index contributed by atoms with van der Waals surface area (Å²) in [6.45, 7) is 7.97. The van der Waals surface area contributed by atoms with E-state index in [1.807, 2.05) is 11.3 Å². The van der Waals surface area contributed by atoms with Crippen LogP contribution < -0.4 is 10.2 Å². The second-order valence-electron chi connectivity index (χ2n) is 7.47. The lowest BCUT2D eigenvalue weighted by Crippen LogP contribution is -2.21. The van der Waals surface area contributed by atoms with Gasteiger partial charge in [-0.05, 0) is 37.5 Å². The first-order valence-electron chi connectivity index (χ1n) is 8.68. The standard InChI is InChI=1S/C17H27N3S/c1-11(2)18-8-15-16(12-6-7-12)19-17(21-15)20-9-13-4-3-5-14(13)10-20/h11-14,18H,3-10H2,1-2H3. The largest absolute Gasteiger partial charge is 0.348 e. The molecule has 0 bridgehead atoms. The molecule has 1 aromatic rings. The molecule has 1 saturated heterocycles. The van der Waals surface area contributed by atoms with Gasteiger partial charge < -0.3 is 10.2 Å². The average molecular weight is 305 g/mol. The van der Waals surface area contributed by atoms with Crippen molar-refractivity contribution in [3.63, 3.8) is 0 Å². The summed E-state index contributed by atoms with van der Waals surface area (Å²) in [5, 5.41) is 4.89. The number of thiazole rings is 1. The Balaban J connectivity index is 1.51. The third-order valence-corrected chi connectivity index (χ3v) is 6.48. The summed E-state index contributed by atoms with van der Waals surface area (Å²) < 4.78 is 0. The topological polar surface area (TPSA) is 28.2 Å². The number of aromatic nitrogens is 1. The minimum absolute atomic E-state index is 0.550. The van der Waals surface area contributed by atoms with Gasteiger partial charge in [-0.25, -0.2) is 4.98 Å². The fourth-order valence-corrected chi connectivity index (χ4v) is 5.09. The molecule has 3 nitrogen and oxygen atoms in total. The fourth-order valence-electron chi connectivity index (χ4n) is 3.98. The van der Waals surface area contributed by atoms with Gasteiger partial charge in [0, 0.05) is 36.5 Å². The van der Waals surface area contributed by atoms with Gasteiger partial charge in [-0.3, -0.25) is 0 Å². The van der Waals surface area contributed by atoms with Crippen molar-refractivity contribution in [2.24, 2.45) is 11.8 Å². The predicted octanol–water partition coefficient (Wildman–Crippen LogP) is 3.75. The Bertz CT molecular complexity index is 494. The van der Waals surface area contributed by atoms with E-state index in [0.717, 1.165) is 24.3 Å². The first-order valence-corrected chi connectivity index (χ1v) is 9.50. The molecule has 3 aliphatic rings. The van der Waals surface area contributed by atoms with Crippen molar-refractivity contribution in [1.29, 1.82) is 0 Å². The SMILES string of the molecule is CC(C)NCc1sc(N2CC3CCCC3C2)nc1C1CC1. The van der Waals surface area contributed by atoms with Gasteiger partial charge in [0.25, 0.3) is 0 Å². The Morgan fingerprint density at radius 1 is 1.19 bits per heavy atom. The molecule has 1 aromatic heterocycles. The molecule has 0 radical (unpaired) electrons. The lowest BCUT2D eigenvalue weighted by molar-refractivity contribution is 0.494. The van der Waals surface area contributed by atoms with Gasteiger partial charge in [-0.2, -0.15) is 0 Å². The maximum atomic E-state index is 5.06. The van der Waals surface area contributed by atoms with Crippen molar-refractivity contribution in [3.8, 4) is 0 Å². The highest BCUT2D eigenvalue weighted by atomic mass is 32.1. The second-order valence-corrected chi connectivity index (χ2v) is 8.53. The van der Waals surface area contributed by atoms with Gasteiger partial charge in [-0.1, -0.05) is 20.3 Å². The predicted molar refractivity (Wildman–Crippen MR) is 89.1 cm³/mol. The zero-order chi connectivity index (χ0) is 14.4. The molecular formula is C17H27N3S. The van der Waals surface area contributed by atoms with E-state index >= 15 is 0 Å². The van der Waals surface area contributed by atoms with Crippen LogP contribution in [0.1, 0.15) is 62.4 Å². The quantitative estimate of drug-likeness (QED) is 0.898. The van der Waals surface area contributed by atoms with Crippen LogP contribution in [0.4, 0.5) is 5.13 Å². The number of nitrogens with zero attached hydrogens (tertiary/aromatic N) is 2. The Labute approximate surface area is 132 Å². The van der Waals surface area contributed by atoms with Crippen molar-refractivity contribution in [2.45, 2.75) is 64.5 Å². The van der Waals surface area contributed by atoms with Gasteiger partial charge in [-0.15, -0.1) is 11.3 Å². The molecule has 0 amide bonds. The lowest BCUT2D eigenvalue weighted by Gasteiger charge is -2.15. The molecule has 0 aromatic carbocycles. The van der Waals surface area contributed by atoms with E-state index in [-0.39, 0.29) is 0 Å². The van der Waals surface area contributed by atoms with Crippen LogP contribution in [-0.4, -0.2) is 24.1 Å². The molecule has 2 heterocycles. The summed E-state index contributed by atoms with van der Waals surface area (Å²) in [7, 11) is 0. The molecule has 2 saturated carbocycles. The van der Waals surface area contributed by atoms with Crippen LogP contribution in [-0.2, 0) is 6.54 Å². The molecule has 2 atom stereocenters. The van der Waals surface area contributed by atoms with Crippen molar-refractivity contribution in [2.75, 3.05) is 18.0 Å². The monoisotopic (exact) mass is 305 g/mol. The summed E-state index contributed by atoms with van der Waals surface area (Å²) in [6, 6.07) is 0.550. The van der Waals surface area contributed by atoms with Crippen molar-refractivity contribution >= 4 is 16.5 Å². The molecule has 1 aliphatic heterocycles. The average Bonchev–Trinajstić information content (AvgIpc) is 2.88. The molecule has 3 fully saturated rings. The number of rotatable bonds is 5. The molecule has 116 valence electrons. The molecular weight excluding hydrogens is 278 g/mol. The van der Waals surface area contributed by atoms with Crippen LogP contribution in [0.15, 0.2) is 0 Å². The smallest absolute Gasteiger partial charge is 0.185 e. The van der Waals surface area contributed by atoms with Gasteiger partial charge in [0.15, 0.2) is 5.13 Å². The zero-order valence-electron chi connectivity index (χ0n) is 13.3. The number of hydrogen-bond donors (Lipinski definition) is 1. The summed E-state index contributed by atoms with van der Waals surface area (Å²) in [5.74, 6) is 2.67.